The number of hydrazine groups is 1. The van der Waals surface area contributed by atoms with Crippen LogP contribution in [0, 0.1) is 0 Å². The van der Waals surface area contributed by atoms with Crippen molar-refractivity contribution >= 4 is 0 Å². The lowest BCUT2D eigenvalue weighted by atomic mass is 10.5. The van der Waals surface area contributed by atoms with Crippen molar-refractivity contribution in [3.63, 3.8) is 0 Å². The molecule has 0 rings (SSSR count). The Balaban J connectivity index is 2.73. The third-order valence-corrected chi connectivity index (χ3v) is 0.450. The summed E-state index contributed by atoms with van der Waals surface area (Å²) in [6.45, 7) is 2.05. The largest absolute Gasteiger partial charge is 0.332 e. The van der Waals surface area contributed by atoms with Crippen LogP contribution in [0.15, 0.2) is 12.3 Å². The molecule has 0 bridgehead atoms. The number of rotatable bonds is 2. The Kier molecular flexibility index (Phi) is 4.12. The Hall–Kier alpha value is -0.500. The second kappa shape index (κ2) is 4.50. The molecule has 0 spiro atoms. The Bertz CT molecular complexity index is 34.8. The highest BCUT2D eigenvalue weighted by molar-refractivity contribution is 4.74. The average molecular weight is 86.1 g/mol. The van der Waals surface area contributed by atoms with Gasteiger partial charge in [-0.3, -0.25) is 5.84 Å². The summed E-state index contributed by atoms with van der Waals surface area (Å²) in [5.41, 5.74) is 2.39. The molecule has 0 unspecified atom stereocenters. The smallest absolute Gasteiger partial charge is 0.00825 e. The highest BCUT2D eigenvalue weighted by Gasteiger charge is 1.57. The molecule has 0 saturated carbocycles. The van der Waals surface area contributed by atoms with Crippen molar-refractivity contribution in [3.05, 3.63) is 12.3 Å². The third-order valence-electron chi connectivity index (χ3n) is 0.450. The van der Waals surface area contributed by atoms with Gasteiger partial charge < -0.3 is 5.43 Å². The van der Waals surface area contributed by atoms with E-state index < -0.39 is 0 Å². The maximum atomic E-state index is 4.88. The van der Waals surface area contributed by atoms with Gasteiger partial charge in [-0.15, -0.1) is 0 Å². The Morgan fingerprint density at radius 1 is 1.83 bits per heavy atom. The molecule has 0 aliphatic carbocycles. The molecule has 0 aromatic carbocycles. The van der Waals surface area contributed by atoms with Gasteiger partial charge in [-0.1, -0.05) is 13.0 Å². The van der Waals surface area contributed by atoms with Crippen molar-refractivity contribution in [2.45, 2.75) is 13.3 Å². The average Bonchev–Trinajstić information content (AvgIpc) is 1.61. The standard InChI is InChI=1S/C4H10N2/c1-2-3-4-6-5/h3-4,6H,2,5H2,1H3/b4-3-. The molecule has 6 heavy (non-hydrogen) atoms. The molecule has 36 valence electrons. The summed E-state index contributed by atoms with van der Waals surface area (Å²) in [5.74, 6) is 4.88. The molecule has 2 heteroatoms. The van der Waals surface area contributed by atoms with Gasteiger partial charge in [-0.25, -0.2) is 0 Å². The topological polar surface area (TPSA) is 38.0 Å². The SMILES string of the molecule is CC/C=C\NN. The van der Waals surface area contributed by atoms with Gasteiger partial charge in [0, 0.05) is 6.20 Å². The Morgan fingerprint density at radius 3 is 2.67 bits per heavy atom. The van der Waals surface area contributed by atoms with E-state index in [0.29, 0.717) is 0 Å². The fraction of sp³-hybridized carbons (Fsp3) is 0.500. The lowest BCUT2D eigenvalue weighted by Crippen LogP contribution is -2.12. The van der Waals surface area contributed by atoms with E-state index in [-0.39, 0.29) is 0 Å². The third kappa shape index (κ3) is 3.50. The van der Waals surface area contributed by atoms with Gasteiger partial charge in [-0.2, -0.15) is 0 Å². The van der Waals surface area contributed by atoms with Crippen LogP contribution in [0.4, 0.5) is 0 Å². The van der Waals surface area contributed by atoms with Gasteiger partial charge in [0.05, 0.1) is 0 Å². The van der Waals surface area contributed by atoms with Crippen molar-refractivity contribution < 1.29 is 0 Å². The molecule has 0 aliphatic heterocycles. The van der Waals surface area contributed by atoms with Crippen LogP contribution < -0.4 is 11.3 Å². The molecule has 0 saturated heterocycles. The van der Waals surface area contributed by atoms with Gasteiger partial charge in [0.2, 0.25) is 0 Å². The minimum absolute atomic E-state index is 1.03. The predicted molar refractivity (Wildman–Crippen MR) is 26.8 cm³/mol. The van der Waals surface area contributed by atoms with E-state index in [1.54, 1.807) is 6.20 Å². The Labute approximate surface area is 38.0 Å². The van der Waals surface area contributed by atoms with E-state index in [1.165, 1.54) is 0 Å². The zero-order valence-corrected chi connectivity index (χ0v) is 3.94. The normalized spacial score (nSPS) is 9.67. The molecular weight excluding hydrogens is 76.1 g/mol. The number of nitrogens with one attached hydrogen (secondary N) is 1. The molecule has 0 aromatic heterocycles. The van der Waals surface area contributed by atoms with Gasteiger partial charge in [-0.05, 0) is 6.42 Å². The predicted octanol–water partition coefficient (Wildman–Crippen LogP) is 0.373. The van der Waals surface area contributed by atoms with Gasteiger partial charge in [0.25, 0.3) is 0 Å². The van der Waals surface area contributed by atoms with Crippen LogP contribution in [0.1, 0.15) is 13.3 Å². The van der Waals surface area contributed by atoms with E-state index in [1.807, 2.05) is 13.0 Å². The van der Waals surface area contributed by atoms with Crippen molar-refractivity contribution in [2.24, 2.45) is 5.84 Å². The van der Waals surface area contributed by atoms with E-state index in [2.05, 4.69) is 5.43 Å². The van der Waals surface area contributed by atoms with Crippen LogP contribution in [-0.4, -0.2) is 0 Å². The first-order valence-electron chi connectivity index (χ1n) is 2.03. The summed E-state index contributed by atoms with van der Waals surface area (Å²) >= 11 is 0. The molecule has 3 N–H and O–H groups in total. The van der Waals surface area contributed by atoms with Gasteiger partial charge in [0.1, 0.15) is 0 Å². The first kappa shape index (κ1) is 5.50. The van der Waals surface area contributed by atoms with Crippen LogP contribution in [0.2, 0.25) is 0 Å². The molecule has 0 atom stereocenters. The summed E-state index contributed by atoms with van der Waals surface area (Å²) in [6.07, 6.45) is 4.68. The highest BCUT2D eigenvalue weighted by Crippen LogP contribution is 1.71. The van der Waals surface area contributed by atoms with E-state index in [9.17, 15) is 0 Å². The molecule has 0 aliphatic rings. The van der Waals surface area contributed by atoms with Crippen molar-refractivity contribution in [1.82, 2.24) is 5.43 Å². The molecule has 0 amide bonds. The quantitative estimate of drug-likeness (QED) is 0.376. The molecule has 2 nitrogen and oxygen atoms in total. The van der Waals surface area contributed by atoms with Gasteiger partial charge in [0.15, 0.2) is 0 Å². The van der Waals surface area contributed by atoms with E-state index in [0.717, 1.165) is 6.42 Å². The number of allylic oxidation sites excluding steroid dienone is 1. The fourth-order valence-electron chi connectivity index (χ4n) is 0.186. The molecule has 0 aromatic rings. The number of hydrogen-bond acceptors (Lipinski definition) is 2. The summed E-state index contributed by atoms with van der Waals surface area (Å²) in [4.78, 5) is 0. The summed E-state index contributed by atoms with van der Waals surface area (Å²) < 4.78 is 0. The maximum absolute atomic E-state index is 4.88. The fourth-order valence-corrected chi connectivity index (χ4v) is 0.186. The first-order valence-corrected chi connectivity index (χ1v) is 2.03. The zero-order chi connectivity index (χ0) is 4.83. The Morgan fingerprint density at radius 2 is 2.50 bits per heavy atom. The zero-order valence-electron chi connectivity index (χ0n) is 3.94. The molecule has 0 fully saturated rings. The second-order valence-electron chi connectivity index (χ2n) is 0.977. The molecule has 0 heterocycles. The molecule has 0 radical (unpaired) electrons. The van der Waals surface area contributed by atoms with Crippen molar-refractivity contribution in [3.8, 4) is 0 Å². The lowest BCUT2D eigenvalue weighted by Gasteiger charge is -1.79. The minimum atomic E-state index is 1.03. The van der Waals surface area contributed by atoms with Crippen LogP contribution >= 0.6 is 0 Å². The molecular formula is C4H10N2. The van der Waals surface area contributed by atoms with Gasteiger partial charge >= 0.3 is 0 Å². The van der Waals surface area contributed by atoms with Crippen molar-refractivity contribution in [2.75, 3.05) is 0 Å². The number of hydrogen-bond donors (Lipinski definition) is 2. The van der Waals surface area contributed by atoms with Crippen LogP contribution in [0.3, 0.4) is 0 Å². The minimum Gasteiger partial charge on any atom is -0.332 e. The second-order valence-corrected chi connectivity index (χ2v) is 0.977. The first-order chi connectivity index (χ1) is 2.91. The summed E-state index contributed by atoms with van der Waals surface area (Å²) in [6, 6.07) is 0. The summed E-state index contributed by atoms with van der Waals surface area (Å²) in [7, 11) is 0. The van der Waals surface area contributed by atoms with E-state index in [4.69, 9.17) is 5.84 Å². The monoisotopic (exact) mass is 86.1 g/mol. The highest BCUT2D eigenvalue weighted by atomic mass is 15.2. The van der Waals surface area contributed by atoms with Crippen LogP contribution in [-0.2, 0) is 0 Å². The number of nitrogens with two attached hydrogens (primary N) is 1. The summed E-state index contributed by atoms with van der Waals surface area (Å²) in [5, 5.41) is 0. The lowest BCUT2D eigenvalue weighted by molar-refractivity contribution is 0.956. The van der Waals surface area contributed by atoms with Crippen molar-refractivity contribution in [1.29, 1.82) is 0 Å². The van der Waals surface area contributed by atoms with E-state index >= 15 is 0 Å². The van der Waals surface area contributed by atoms with Crippen LogP contribution in [0.5, 0.6) is 0 Å². The maximum Gasteiger partial charge on any atom is 0.00825 e. The van der Waals surface area contributed by atoms with Crippen LogP contribution in [0.25, 0.3) is 0 Å².